The number of hydrazone groups is 1. The predicted octanol–water partition coefficient (Wildman–Crippen LogP) is 2.00. The molecule has 0 aliphatic carbocycles. The Kier molecular flexibility index (Phi) is 5.38. The lowest BCUT2D eigenvalue weighted by Gasteiger charge is -2.02. The standard InChI is InChI=1S/C17H13N7O3/c25-17(14-7-9-15(10-8-14)23-12-19-21-22-23)20-18-11-3-5-13-4-1-2-6-16(13)24(26)27/h1-12H,(H,20,25)/b5-3+,18-11+. The van der Waals surface area contributed by atoms with Crippen LogP contribution in [0.5, 0.6) is 0 Å². The van der Waals surface area contributed by atoms with Crippen LogP contribution in [-0.2, 0) is 0 Å². The van der Waals surface area contributed by atoms with Gasteiger partial charge in [0.2, 0.25) is 0 Å². The number of nitro benzene ring substituents is 1. The second-order valence-electron chi connectivity index (χ2n) is 5.20. The largest absolute Gasteiger partial charge is 0.276 e. The molecular weight excluding hydrogens is 350 g/mol. The van der Waals surface area contributed by atoms with Crippen LogP contribution in [0.25, 0.3) is 11.8 Å². The fourth-order valence-electron chi connectivity index (χ4n) is 2.19. The Morgan fingerprint density at radius 1 is 1.19 bits per heavy atom. The highest BCUT2D eigenvalue weighted by Gasteiger charge is 2.08. The van der Waals surface area contributed by atoms with Crippen molar-refractivity contribution in [3.63, 3.8) is 0 Å². The van der Waals surface area contributed by atoms with Crippen LogP contribution in [0, 0.1) is 10.1 Å². The molecule has 3 rings (SSSR count). The number of nitrogens with zero attached hydrogens (tertiary/aromatic N) is 6. The summed E-state index contributed by atoms with van der Waals surface area (Å²) in [6, 6.07) is 13.0. The molecule has 0 aliphatic heterocycles. The van der Waals surface area contributed by atoms with E-state index in [0.29, 0.717) is 16.8 Å². The van der Waals surface area contributed by atoms with E-state index in [2.05, 4.69) is 26.1 Å². The van der Waals surface area contributed by atoms with Crippen molar-refractivity contribution in [1.82, 2.24) is 25.6 Å². The quantitative estimate of drug-likeness (QED) is 0.405. The highest BCUT2D eigenvalue weighted by Crippen LogP contribution is 2.18. The van der Waals surface area contributed by atoms with Crippen molar-refractivity contribution in [2.45, 2.75) is 0 Å². The zero-order valence-electron chi connectivity index (χ0n) is 13.8. The summed E-state index contributed by atoms with van der Waals surface area (Å²) in [5, 5.41) is 25.6. The summed E-state index contributed by atoms with van der Waals surface area (Å²) >= 11 is 0. The maximum Gasteiger partial charge on any atom is 0.276 e. The fourth-order valence-corrected chi connectivity index (χ4v) is 2.19. The molecule has 0 unspecified atom stereocenters. The molecule has 10 heteroatoms. The molecular formula is C17H13N7O3. The van der Waals surface area contributed by atoms with E-state index in [-0.39, 0.29) is 5.69 Å². The molecule has 1 N–H and O–H groups in total. The minimum absolute atomic E-state index is 0.00569. The predicted molar refractivity (Wildman–Crippen MR) is 97.2 cm³/mol. The highest BCUT2D eigenvalue weighted by atomic mass is 16.6. The third kappa shape index (κ3) is 4.45. The molecule has 1 heterocycles. The van der Waals surface area contributed by atoms with Gasteiger partial charge in [-0.1, -0.05) is 12.1 Å². The van der Waals surface area contributed by atoms with E-state index in [4.69, 9.17) is 0 Å². The van der Waals surface area contributed by atoms with Crippen molar-refractivity contribution in [2.75, 3.05) is 0 Å². The average Bonchev–Trinajstić information content (AvgIpc) is 3.23. The first-order chi connectivity index (χ1) is 13.1. The normalized spacial score (nSPS) is 11.1. The van der Waals surface area contributed by atoms with Gasteiger partial charge in [0.25, 0.3) is 11.6 Å². The van der Waals surface area contributed by atoms with Crippen LogP contribution in [0.1, 0.15) is 15.9 Å². The minimum atomic E-state index is -0.461. The molecule has 2 aromatic carbocycles. The van der Waals surface area contributed by atoms with E-state index in [1.54, 1.807) is 42.5 Å². The number of nitro groups is 1. The van der Waals surface area contributed by atoms with Crippen molar-refractivity contribution >= 4 is 23.9 Å². The van der Waals surface area contributed by atoms with Gasteiger partial charge in [-0.15, -0.1) is 5.10 Å². The van der Waals surface area contributed by atoms with Gasteiger partial charge in [0.15, 0.2) is 0 Å². The summed E-state index contributed by atoms with van der Waals surface area (Å²) in [6.45, 7) is 0. The van der Waals surface area contributed by atoms with Gasteiger partial charge in [-0.3, -0.25) is 14.9 Å². The summed E-state index contributed by atoms with van der Waals surface area (Å²) in [7, 11) is 0. The topological polar surface area (TPSA) is 128 Å². The first-order valence-corrected chi connectivity index (χ1v) is 7.72. The smallest absolute Gasteiger partial charge is 0.267 e. The van der Waals surface area contributed by atoms with Gasteiger partial charge in [-0.2, -0.15) is 5.10 Å². The number of allylic oxidation sites excluding steroid dienone is 1. The van der Waals surface area contributed by atoms with Gasteiger partial charge >= 0.3 is 0 Å². The molecule has 3 aromatic rings. The maximum atomic E-state index is 12.0. The Labute approximate surface area is 153 Å². The summed E-state index contributed by atoms with van der Waals surface area (Å²) in [6.07, 6.45) is 5.82. The van der Waals surface area contributed by atoms with E-state index >= 15 is 0 Å². The van der Waals surface area contributed by atoms with Gasteiger partial charge in [-0.25, -0.2) is 10.1 Å². The average molecular weight is 363 g/mol. The van der Waals surface area contributed by atoms with Gasteiger partial charge in [-0.05, 0) is 52.9 Å². The molecule has 0 saturated heterocycles. The number of amides is 1. The number of carbonyl (C=O) groups is 1. The lowest BCUT2D eigenvalue weighted by Crippen LogP contribution is -2.17. The van der Waals surface area contributed by atoms with Gasteiger partial charge < -0.3 is 0 Å². The number of rotatable bonds is 6. The molecule has 1 amide bonds. The SMILES string of the molecule is O=C(N/N=C/C=C/c1ccccc1[N+](=O)[O-])c1ccc(-n2cnnn2)cc1. The fraction of sp³-hybridized carbons (Fsp3) is 0. The van der Waals surface area contributed by atoms with E-state index in [1.165, 1.54) is 35.4 Å². The molecule has 134 valence electrons. The first kappa shape index (κ1) is 17.6. The Morgan fingerprint density at radius 2 is 1.96 bits per heavy atom. The highest BCUT2D eigenvalue weighted by molar-refractivity contribution is 5.94. The Hall–Kier alpha value is -4.21. The molecule has 10 nitrogen and oxygen atoms in total. The number of carbonyl (C=O) groups excluding carboxylic acids is 1. The summed E-state index contributed by atoms with van der Waals surface area (Å²) in [5.74, 6) is -0.395. The van der Waals surface area contributed by atoms with Gasteiger partial charge in [0.05, 0.1) is 16.2 Å². The number of para-hydroxylation sites is 1. The number of aromatic nitrogens is 4. The second kappa shape index (κ2) is 8.25. The molecule has 0 saturated carbocycles. The van der Waals surface area contributed by atoms with Crippen molar-refractivity contribution in [2.24, 2.45) is 5.10 Å². The van der Waals surface area contributed by atoms with Crippen LogP contribution < -0.4 is 5.43 Å². The third-order valence-corrected chi connectivity index (χ3v) is 3.48. The monoisotopic (exact) mass is 363 g/mol. The molecule has 0 radical (unpaired) electrons. The first-order valence-electron chi connectivity index (χ1n) is 7.72. The molecule has 0 fully saturated rings. The van der Waals surface area contributed by atoms with E-state index in [1.807, 2.05) is 0 Å². The van der Waals surface area contributed by atoms with Crippen LogP contribution in [-0.4, -0.2) is 37.3 Å². The summed E-state index contributed by atoms with van der Waals surface area (Å²) < 4.78 is 1.47. The number of nitrogens with one attached hydrogen (secondary N) is 1. The number of tetrazole rings is 1. The van der Waals surface area contributed by atoms with Gasteiger partial charge in [0, 0.05) is 17.8 Å². The third-order valence-electron chi connectivity index (χ3n) is 3.48. The van der Waals surface area contributed by atoms with Crippen molar-refractivity contribution < 1.29 is 9.72 Å². The van der Waals surface area contributed by atoms with E-state index in [0.717, 1.165) is 0 Å². The molecule has 0 spiro atoms. The van der Waals surface area contributed by atoms with Crippen LogP contribution in [0.15, 0.2) is 66.0 Å². The lowest BCUT2D eigenvalue weighted by atomic mass is 10.1. The van der Waals surface area contributed by atoms with Crippen molar-refractivity contribution in [1.29, 1.82) is 0 Å². The summed E-state index contributed by atoms with van der Waals surface area (Å²) in [4.78, 5) is 22.5. The number of hydrogen-bond donors (Lipinski definition) is 1. The van der Waals surface area contributed by atoms with Crippen LogP contribution in [0.4, 0.5) is 5.69 Å². The maximum absolute atomic E-state index is 12.0. The Bertz CT molecular complexity index is 996. The number of benzene rings is 2. The van der Waals surface area contributed by atoms with E-state index < -0.39 is 10.8 Å². The van der Waals surface area contributed by atoms with Crippen molar-refractivity contribution in [3.8, 4) is 5.69 Å². The zero-order chi connectivity index (χ0) is 19.1. The Balaban J connectivity index is 1.58. The minimum Gasteiger partial charge on any atom is -0.267 e. The van der Waals surface area contributed by atoms with Crippen molar-refractivity contribution in [3.05, 3.63) is 82.2 Å². The summed E-state index contributed by atoms with van der Waals surface area (Å²) in [5.41, 5.74) is 3.94. The second-order valence-corrected chi connectivity index (χ2v) is 5.20. The van der Waals surface area contributed by atoms with Crippen LogP contribution >= 0.6 is 0 Å². The lowest BCUT2D eigenvalue weighted by molar-refractivity contribution is -0.385. The molecule has 0 aliphatic rings. The molecule has 1 aromatic heterocycles. The Morgan fingerprint density at radius 3 is 2.67 bits per heavy atom. The van der Waals surface area contributed by atoms with E-state index in [9.17, 15) is 14.9 Å². The van der Waals surface area contributed by atoms with Gasteiger partial charge in [0.1, 0.15) is 6.33 Å². The van der Waals surface area contributed by atoms with Crippen LogP contribution in [0.2, 0.25) is 0 Å². The number of hydrogen-bond acceptors (Lipinski definition) is 7. The zero-order valence-corrected chi connectivity index (χ0v) is 13.8. The molecule has 0 atom stereocenters. The van der Waals surface area contributed by atoms with Crippen LogP contribution in [0.3, 0.4) is 0 Å². The molecule has 27 heavy (non-hydrogen) atoms. The molecule has 0 bridgehead atoms.